The van der Waals surface area contributed by atoms with Crippen molar-refractivity contribution in [2.24, 2.45) is 0 Å². The van der Waals surface area contributed by atoms with Crippen molar-refractivity contribution in [3.8, 4) is 0 Å². The van der Waals surface area contributed by atoms with Crippen molar-refractivity contribution in [3.63, 3.8) is 0 Å². The summed E-state index contributed by atoms with van der Waals surface area (Å²) in [5.41, 5.74) is 6.58. The summed E-state index contributed by atoms with van der Waals surface area (Å²) in [4.78, 5) is 0. The Morgan fingerprint density at radius 3 is 2.44 bits per heavy atom. The minimum absolute atomic E-state index is 0.365. The first-order chi connectivity index (χ1) is 7.33. The minimum Gasteiger partial charge on any atom is -0.0587 e. The smallest absolute Gasteiger partial charge is 0.00948 e. The maximum atomic E-state index is 2.45. The van der Waals surface area contributed by atoms with Crippen molar-refractivity contribution in [2.45, 2.75) is 65.2 Å². The average Bonchev–Trinajstić information content (AvgIpc) is 2.37. The van der Waals surface area contributed by atoms with E-state index in [2.05, 4.69) is 53.7 Å². The summed E-state index contributed by atoms with van der Waals surface area (Å²) in [6, 6.07) is 4.85. The van der Waals surface area contributed by atoms with E-state index in [-0.39, 0.29) is 0 Å². The first-order valence-corrected chi connectivity index (χ1v) is 6.48. The van der Waals surface area contributed by atoms with E-state index < -0.39 is 0 Å². The highest BCUT2D eigenvalue weighted by atomic mass is 14.4. The molecule has 2 rings (SSSR count). The van der Waals surface area contributed by atoms with Crippen LogP contribution in [0.1, 0.15) is 75.1 Å². The number of benzene rings is 1. The summed E-state index contributed by atoms with van der Waals surface area (Å²) >= 11 is 0. The molecule has 88 valence electrons. The lowest BCUT2D eigenvalue weighted by Gasteiger charge is -2.21. The summed E-state index contributed by atoms with van der Waals surface area (Å²) in [7, 11) is 0. The molecule has 1 aromatic rings. The van der Waals surface area contributed by atoms with Gasteiger partial charge in [-0.1, -0.05) is 46.8 Å². The molecule has 0 radical (unpaired) electrons. The fourth-order valence-corrected chi connectivity index (χ4v) is 3.35. The first-order valence-electron chi connectivity index (χ1n) is 6.48. The molecule has 0 aliphatic heterocycles. The summed E-state index contributed by atoms with van der Waals surface area (Å²) in [5, 5.41) is 0. The number of hydrogen-bond donors (Lipinski definition) is 0. The van der Waals surface area contributed by atoms with Gasteiger partial charge in [-0.25, -0.2) is 0 Å². The van der Waals surface area contributed by atoms with Crippen LogP contribution in [-0.2, 0) is 5.41 Å². The van der Waals surface area contributed by atoms with Crippen molar-refractivity contribution >= 4 is 0 Å². The van der Waals surface area contributed by atoms with Gasteiger partial charge < -0.3 is 0 Å². The van der Waals surface area contributed by atoms with E-state index in [9.17, 15) is 0 Å². The van der Waals surface area contributed by atoms with Crippen molar-refractivity contribution in [1.82, 2.24) is 0 Å². The lowest BCUT2D eigenvalue weighted by atomic mass is 9.84. The topological polar surface area (TPSA) is 0 Å². The number of fused-ring (bicyclic) bond motifs is 1. The second-order valence-corrected chi connectivity index (χ2v) is 6.44. The summed E-state index contributed by atoms with van der Waals surface area (Å²) < 4.78 is 0. The van der Waals surface area contributed by atoms with Gasteiger partial charge in [0, 0.05) is 0 Å². The third kappa shape index (κ3) is 1.69. The van der Waals surface area contributed by atoms with Crippen LogP contribution in [0.25, 0.3) is 0 Å². The van der Waals surface area contributed by atoms with Crippen LogP contribution in [0.15, 0.2) is 12.1 Å². The molecule has 0 nitrogen and oxygen atoms in total. The van der Waals surface area contributed by atoms with Crippen molar-refractivity contribution in [1.29, 1.82) is 0 Å². The van der Waals surface area contributed by atoms with Crippen LogP contribution >= 0.6 is 0 Å². The van der Waals surface area contributed by atoms with Crippen LogP contribution in [-0.4, -0.2) is 0 Å². The molecule has 1 aliphatic rings. The van der Waals surface area contributed by atoms with Gasteiger partial charge in [-0.2, -0.15) is 0 Å². The molecule has 1 unspecified atom stereocenters. The second kappa shape index (κ2) is 3.61. The Bertz CT molecular complexity index is 410. The Kier molecular flexibility index (Phi) is 2.64. The van der Waals surface area contributed by atoms with E-state index in [1.807, 2.05) is 0 Å². The number of hydrogen-bond acceptors (Lipinski definition) is 0. The van der Waals surface area contributed by atoms with E-state index in [0.717, 1.165) is 5.92 Å². The van der Waals surface area contributed by atoms with E-state index in [4.69, 9.17) is 0 Å². The SMILES string of the molecule is Cc1cc(C(C)C)cc2c1C(C)CC2(C)C. The van der Waals surface area contributed by atoms with Gasteiger partial charge in [0.2, 0.25) is 0 Å². The molecule has 0 bridgehead atoms. The van der Waals surface area contributed by atoms with Gasteiger partial charge in [0.15, 0.2) is 0 Å². The van der Waals surface area contributed by atoms with Crippen LogP contribution in [0.3, 0.4) is 0 Å². The standard InChI is InChI=1S/C16H24/c1-10(2)13-7-11(3)15-12(4)9-16(5,6)14(15)8-13/h7-8,10,12H,9H2,1-6H3. The highest BCUT2D eigenvalue weighted by Crippen LogP contribution is 2.47. The molecule has 0 N–H and O–H groups in total. The highest BCUT2D eigenvalue weighted by molar-refractivity contribution is 5.48. The molecule has 0 saturated heterocycles. The summed E-state index contributed by atoms with van der Waals surface area (Å²) in [6.45, 7) is 14.0. The Morgan fingerprint density at radius 1 is 1.25 bits per heavy atom. The molecule has 0 saturated carbocycles. The normalized spacial score (nSPS) is 22.6. The van der Waals surface area contributed by atoms with Gasteiger partial charge >= 0.3 is 0 Å². The Morgan fingerprint density at radius 2 is 1.88 bits per heavy atom. The van der Waals surface area contributed by atoms with Gasteiger partial charge in [0.25, 0.3) is 0 Å². The average molecular weight is 216 g/mol. The Labute approximate surface area is 100 Å². The predicted octanol–water partition coefficient (Wildman–Crippen LogP) is 4.90. The zero-order valence-corrected chi connectivity index (χ0v) is 11.5. The van der Waals surface area contributed by atoms with Gasteiger partial charge in [-0.3, -0.25) is 0 Å². The first kappa shape index (κ1) is 11.7. The Balaban J connectivity index is 2.63. The second-order valence-electron chi connectivity index (χ2n) is 6.44. The predicted molar refractivity (Wildman–Crippen MR) is 71.3 cm³/mol. The molecule has 1 atom stereocenters. The quantitative estimate of drug-likeness (QED) is 0.626. The van der Waals surface area contributed by atoms with Gasteiger partial charge in [0.1, 0.15) is 0 Å². The Hall–Kier alpha value is -0.780. The molecule has 0 fully saturated rings. The van der Waals surface area contributed by atoms with Crippen LogP contribution in [0, 0.1) is 6.92 Å². The monoisotopic (exact) mass is 216 g/mol. The summed E-state index contributed by atoms with van der Waals surface area (Å²) in [6.07, 6.45) is 1.30. The molecule has 16 heavy (non-hydrogen) atoms. The molecule has 0 aromatic heterocycles. The van der Waals surface area contributed by atoms with Crippen LogP contribution < -0.4 is 0 Å². The fourth-order valence-electron chi connectivity index (χ4n) is 3.35. The van der Waals surface area contributed by atoms with Crippen molar-refractivity contribution in [3.05, 3.63) is 34.4 Å². The lowest BCUT2D eigenvalue weighted by molar-refractivity contribution is 0.489. The molecule has 0 heteroatoms. The zero-order chi connectivity index (χ0) is 12.1. The maximum absolute atomic E-state index is 2.45. The third-order valence-corrected chi connectivity index (χ3v) is 4.11. The molecular weight excluding hydrogens is 192 g/mol. The van der Waals surface area contributed by atoms with Crippen LogP contribution in [0.5, 0.6) is 0 Å². The lowest BCUT2D eigenvalue weighted by Crippen LogP contribution is -2.12. The van der Waals surface area contributed by atoms with Gasteiger partial charge in [0.05, 0.1) is 0 Å². The van der Waals surface area contributed by atoms with Crippen LogP contribution in [0.4, 0.5) is 0 Å². The van der Waals surface area contributed by atoms with Gasteiger partial charge in [-0.15, -0.1) is 0 Å². The van der Waals surface area contributed by atoms with Crippen molar-refractivity contribution in [2.75, 3.05) is 0 Å². The van der Waals surface area contributed by atoms with Crippen molar-refractivity contribution < 1.29 is 0 Å². The molecule has 1 aromatic carbocycles. The highest BCUT2D eigenvalue weighted by Gasteiger charge is 2.35. The summed E-state index contributed by atoms with van der Waals surface area (Å²) in [5.74, 6) is 1.36. The number of aryl methyl sites for hydroxylation is 1. The molecule has 0 spiro atoms. The van der Waals surface area contributed by atoms with E-state index in [1.165, 1.54) is 17.5 Å². The molecule has 1 aliphatic carbocycles. The maximum Gasteiger partial charge on any atom is -0.00948 e. The number of rotatable bonds is 1. The molecule has 0 heterocycles. The van der Waals surface area contributed by atoms with Crippen LogP contribution in [0.2, 0.25) is 0 Å². The van der Waals surface area contributed by atoms with E-state index in [1.54, 1.807) is 11.1 Å². The van der Waals surface area contributed by atoms with E-state index in [0.29, 0.717) is 11.3 Å². The zero-order valence-electron chi connectivity index (χ0n) is 11.5. The third-order valence-electron chi connectivity index (χ3n) is 4.11. The van der Waals surface area contributed by atoms with E-state index >= 15 is 0 Å². The largest absolute Gasteiger partial charge is 0.0587 e. The van der Waals surface area contributed by atoms with Gasteiger partial charge in [-0.05, 0) is 52.8 Å². The minimum atomic E-state index is 0.365. The fraction of sp³-hybridized carbons (Fsp3) is 0.625. The molecule has 0 amide bonds. The molecular formula is C16H24.